The number of carbonyl (C=O) groups is 3. The maximum Gasteiger partial charge on any atom is 0.341 e. The van der Waals surface area contributed by atoms with Crippen molar-refractivity contribution in [1.82, 2.24) is 4.90 Å². The molecule has 11 heteroatoms. The van der Waals surface area contributed by atoms with Crippen LogP contribution in [0.2, 0.25) is 5.02 Å². The number of methoxy groups -OCH3 is 1. The van der Waals surface area contributed by atoms with E-state index >= 15 is 0 Å². The van der Waals surface area contributed by atoms with Gasteiger partial charge in [0.15, 0.2) is 18.1 Å². The molecule has 2 aromatic carbocycles. The fraction of sp³-hybridized carbons (Fsp3) is 0.190. The quantitative estimate of drug-likeness (QED) is 0.336. The second-order valence-electron chi connectivity index (χ2n) is 6.33. The number of halogens is 2. The minimum Gasteiger partial charge on any atom is -0.493 e. The summed E-state index contributed by atoms with van der Waals surface area (Å²) in [7, 11) is 1.43. The van der Waals surface area contributed by atoms with E-state index in [1.165, 1.54) is 7.11 Å². The van der Waals surface area contributed by atoms with E-state index in [0.29, 0.717) is 25.7 Å². The van der Waals surface area contributed by atoms with Crippen LogP contribution in [0.4, 0.5) is 4.79 Å². The molecule has 0 aliphatic carbocycles. The van der Waals surface area contributed by atoms with Crippen LogP contribution in [-0.4, -0.2) is 54.0 Å². The summed E-state index contributed by atoms with van der Waals surface area (Å²) in [5.74, 6) is -0.458. The summed E-state index contributed by atoms with van der Waals surface area (Å²) in [6.07, 6.45) is 1.57. The molecule has 0 aromatic heterocycles. The fourth-order valence-corrected chi connectivity index (χ4v) is 4.59. The Balaban J connectivity index is 1.71. The van der Waals surface area contributed by atoms with Crippen LogP contribution in [0.5, 0.6) is 17.2 Å². The van der Waals surface area contributed by atoms with Crippen LogP contribution in [0.3, 0.4) is 0 Å². The highest BCUT2D eigenvalue weighted by atomic mass is 127. The summed E-state index contributed by atoms with van der Waals surface area (Å²) in [6, 6.07) is 10.2. The molecule has 1 heterocycles. The van der Waals surface area contributed by atoms with Gasteiger partial charge >= 0.3 is 5.97 Å². The number of rotatable bonds is 9. The van der Waals surface area contributed by atoms with Gasteiger partial charge in [-0.1, -0.05) is 23.7 Å². The molecule has 0 atom stereocenters. The number of carbonyl (C=O) groups excluding carboxylic acids is 2. The van der Waals surface area contributed by atoms with Gasteiger partial charge in [0.25, 0.3) is 11.1 Å². The number of para-hydroxylation sites is 1. The molecule has 1 aliphatic rings. The van der Waals surface area contributed by atoms with Crippen LogP contribution < -0.4 is 14.2 Å². The number of hydrogen-bond donors (Lipinski definition) is 1. The predicted octanol–water partition coefficient (Wildman–Crippen LogP) is 4.53. The van der Waals surface area contributed by atoms with Crippen molar-refractivity contribution >= 4 is 69.1 Å². The van der Waals surface area contributed by atoms with Gasteiger partial charge in [0.1, 0.15) is 12.4 Å². The Morgan fingerprint density at radius 1 is 1.22 bits per heavy atom. The Kier molecular flexibility index (Phi) is 8.26. The van der Waals surface area contributed by atoms with Crippen molar-refractivity contribution in [2.75, 3.05) is 26.9 Å². The molecule has 0 bridgehead atoms. The number of carboxylic acids is 1. The molecule has 168 valence electrons. The number of aliphatic carboxylic acids is 1. The summed E-state index contributed by atoms with van der Waals surface area (Å²) in [5.41, 5.74) is 0.603. The van der Waals surface area contributed by atoms with Crippen LogP contribution in [0.25, 0.3) is 6.08 Å². The second-order valence-corrected chi connectivity index (χ2v) is 8.89. The maximum absolute atomic E-state index is 12.7. The lowest BCUT2D eigenvalue weighted by Gasteiger charge is -2.14. The predicted molar refractivity (Wildman–Crippen MR) is 128 cm³/mol. The Hall–Kier alpha value is -2.44. The van der Waals surface area contributed by atoms with Crippen molar-refractivity contribution in [2.45, 2.75) is 0 Å². The van der Waals surface area contributed by atoms with Crippen molar-refractivity contribution in [3.63, 3.8) is 0 Å². The van der Waals surface area contributed by atoms with Crippen LogP contribution in [0.15, 0.2) is 41.3 Å². The molecule has 1 aliphatic heterocycles. The summed E-state index contributed by atoms with van der Waals surface area (Å²) in [4.78, 5) is 37.2. The highest BCUT2D eigenvalue weighted by molar-refractivity contribution is 14.1. The van der Waals surface area contributed by atoms with Gasteiger partial charge in [-0.05, 0) is 70.3 Å². The lowest BCUT2D eigenvalue weighted by Crippen LogP contribution is -2.32. The van der Waals surface area contributed by atoms with Gasteiger partial charge in [-0.25, -0.2) is 4.79 Å². The van der Waals surface area contributed by atoms with Gasteiger partial charge in [-0.15, -0.1) is 0 Å². The van der Waals surface area contributed by atoms with Crippen molar-refractivity contribution in [3.05, 3.63) is 55.5 Å². The highest BCUT2D eigenvalue weighted by Gasteiger charge is 2.35. The van der Waals surface area contributed by atoms with E-state index in [1.54, 1.807) is 42.5 Å². The molecule has 2 aromatic rings. The first kappa shape index (κ1) is 24.2. The molecule has 1 fully saturated rings. The zero-order valence-corrected chi connectivity index (χ0v) is 20.4. The molecular formula is C21H17ClINO7S. The smallest absolute Gasteiger partial charge is 0.341 e. The van der Waals surface area contributed by atoms with E-state index in [1.807, 2.05) is 22.6 Å². The Labute approximate surface area is 206 Å². The first-order valence-corrected chi connectivity index (χ1v) is 11.4. The van der Waals surface area contributed by atoms with Crippen LogP contribution in [0, 0.1) is 3.57 Å². The lowest BCUT2D eigenvalue weighted by molar-refractivity contribution is -0.139. The third-order valence-electron chi connectivity index (χ3n) is 4.17. The summed E-state index contributed by atoms with van der Waals surface area (Å²) in [5, 5.41) is 8.87. The molecule has 0 radical (unpaired) electrons. The average molecular weight is 590 g/mol. The fourth-order valence-electron chi connectivity index (χ4n) is 2.75. The van der Waals surface area contributed by atoms with E-state index in [-0.39, 0.29) is 23.8 Å². The van der Waals surface area contributed by atoms with Gasteiger partial charge in [-0.3, -0.25) is 14.5 Å². The van der Waals surface area contributed by atoms with E-state index in [4.69, 9.17) is 30.9 Å². The van der Waals surface area contributed by atoms with E-state index < -0.39 is 23.7 Å². The molecule has 8 nitrogen and oxygen atoms in total. The number of nitrogens with zero attached hydrogens (tertiary/aromatic N) is 1. The van der Waals surface area contributed by atoms with E-state index in [0.717, 1.165) is 16.7 Å². The molecule has 3 rings (SSSR count). The molecule has 0 spiro atoms. The summed E-state index contributed by atoms with van der Waals surface area (Å²) >= 11 is 8.85. The standard InChI is InChI=1S/C21H17ClINO7S/c1-29-16-9-12(8-14(23)19(16)31-11-18(25)26)10-17-20(27)24(21(28)32-17)6-7-30-15-5-3-2-4-13(15)22/h2-5,8-10H,6-7,11H2,1H3,(H,25,26)/b17-10-. The average Bonchev–Trinajstić information content (AvgIpc) is 3.01. The molecule has 0 unspecified atom stereocenters. The van der Waals surface area contributed by atoms with E-state index in [9.17, 15) is 14.4 Å². The highest BCUT2D eigenvalue weighted by Crippen LogP contribution is 2.37. The lowest BCUT2D eigenvalue weighted by atomic mass is 10.2. The van der Waals surface area contributed by atoms with Crippen molar-refractivity contribution in [1.29, 1.82) is 0 Å². The Bertz CT molecular complexity index is 1090. The molecule has 32 heavy (non-hydrogen) atoms. The zero-order chi connectivity index (χ0) is 23.3. The molecule has 2 amide bonds. The van der Waals surface area contributed by atoms with Crippen molar-refractivity contribution < 1.29 is 33.7 Å². The number of carboxylic acid groups (broad SMARTS) is 1. The monoisotopic (exact) mass is 589 g/mol. The van der Waals surface area contributed by atoms with Crippen molar-refractivity contribution in [2.24, 2.45) is 0 Å². The number of benzene rings is 2. The number of imide groups is 1. The van der Waals surface area contributed by atoms with Crippen LogP contribution >= 0.6 is 46.0 Å². The Morgan fingerprint density at radius 3 is 2.66 bits per heavy atom. The first-order valence-electron chi connectivity index (χ1n) is 9.15. The molecule has 1 saturated heterocycles. The largest absolute Gasteiger partial charge is 0.493 e. The van der Waals surface area contributed by atoms with Crippen molar-refractivity contribution in [3.8, 4) is 17.2 Å². The summed E-state index contributed by atoms with van der Waals surface area (Å²) in [6.45, 7) is -0.326. The third-order valence-corrected chi connectivity index (χ3v) is 6.19. The van der Waals surface area contributed by atoms with Gasteiger partial charge in [0.05, 0.1) is 27.2 Å². The SMILES string of the molecule is COc1cc(/C=C2\SC(=O)N(CCOc3ccccc3Cl)C2=O)cc(I)c1OCC(=O)O. The van der Waals surface area contributed by atoms with Gasteiger partial charge < -0.3 is 19.3 Å². The van der Waals surface area contributed by atoms with Gasteiger partial charge in [0, 0.05) is 0 Å². The van der Waals surface area contributed by atoms with Crippen LogP contribution in [-0.2, 0) is 9.59 Å². The molecule has 1 N–H and O–H groups in total. The topological polar surface area (TPSA) is 102 Å². The normalized spacial score (nSPS) is 14.7. The summed E-state index contributed by atoms with van der Waals surface area (Å²) < 4.78 is 16.7. The molecule has 0 saturated carbocycles. The number of hydrogen-bond acceptors (Lipinski definition) is 7. The van der Waals surface area contributed by atoms with Gasteiger partial charge in [0.2, 0.25) is 0 Å². The van der Waals surface area contributed by atoms with Crippen LogP contribution in [0.1, 0.15) is 5.56 Å². The van der Waals surface area contributed by atoms with E-state index in [2.05, 4.69) is 0 Å². The number of ether oxygens (including phenoxy) is 3. The number of thioether (sulfide) groups is 1. The third kappa shape index (κ3) is 5.87. The first-order chi connectivity index (χ1) is 15.3. The van der Waals surface area contributed by atoms with Gasteiger partial charge in [-0.2, -0.15) is 0 Å². The maximum atomic E-state index is 12.7. The second kappa shape index (κ2) is 10.9. The number of amides is 2. The minimum absolute atomic E-state index is 0.0794. The minimum atomic E-state index is -1.11. The molecular weight excluding hydrogens is 573 g/mol. The zero-order valence-electron chi connectivity index (χ0n) is 16.7. The Morgan fingerprint density at radius 2 is 1.97 bits per heavy atom.